The van der Waals surface area contributed by atoms with E-state index in [-0.39, 0.29) is 0 Å². The Morgan fingerprint density at radius 1 is 1.08 bits per heavy atom. The molecule has 0 N–H and O–H groups in total. The summed E-state index contributed by atoms with van der Waals surface area (Å²) in [4.78, 5) is 11.5. The van der Waals surface area contributed by atoms with Crippen molar-refractivity contribution in [3.63, 3.8) is 0 Å². The number of rotatable bonds is 5. The van der Waals surface area contributed by atoms with Crippen molar-refractivity contribution in [1.82, 2.24) is 29.4 Å². The minimum Gasteiger partial charge on any atom is -0.493 e. The van der Waals surface area contributed by atoms with Crippen LogP contribution >= 0.6 is 0 Å². The molecule has 8 heteroatoms. The highest BCUT2D eigenvalue weighted by molar-refractivity contribution is 5.55. The number of nitrogens with zero attached hydrogens (tertiary/aromatic N) is 7. The third-order valence-electron chi connectivity index (χ3n) is 5.12. The van der Waals surface area contributed by atoms with Crippen LogP contribution in [0, 0.1) is 13.8 Å². The normalized spacial score (nSPS) is 14.5. The summed E-state index contributed by atoms with van der Waals surface area (Å²) in [6.45, 7) is 6.12. The first-order chi connectivity index (χ1) is 12.6. The molecule has 138 valence electrons. The van der Waals surface area contributed by atoms with E-state index in [1.165, 1.54) is 12.8 Å². The summed E-state index contributed by atoms with van der Waals surface area (Å²) in [5.41, 5.74) is 3.73. The van der Waals surface area contributed by atoms with Crippen LogP contribution in [0.4, 0.5) is 5.95 Å². The van der Waals surface area contributed by atoms with Crippen LogP contribution in [0.5, 0.6) is 5.75 Å². The number of ether oxygens (including phenoxy) is 1. The molecule has 4 rings (SSSR count). The first kappa shape index (κ1) is 16.8. The Balaban J connectivity index is 1.57. The van der Waals surface area contributed by atoms with Gasteiger partial charge in [0.1, 0.15) is 5.82 Å². The summed E-state index contributed by atoms with van der Waals surface area (Å²) in [5, 5.41) is 9.32. The fourth-order valence-electron chi connectivity index (χ4n) is 3.44. The summed E-state index contributed by atoms with van der Waals surface area (Å²) in [5.74, 6) is 2.58. The monoisotopic (exact) mass is 355 g/mol. The summed E-state index contributed by atoms with van der Waals surface area (Å²) in [6, 6.07) is 1.97. The Hall–Kier alpha value is -2.64. The third kappa shape index (κ3) is 2.89. The van der Waals surface area contributed by atoms with Crippen LogP contribution in [0.15, 0.2) is 6.07 Å². The molecule has 0 saturated carbocycles. The molecular weight excluding hydrogens is 330 g/mol. The second-order valence-corrected chi connectivity index (χ2v) is 6.87. The number of hydrogen-bond donors (Lipinski definition) is 0. The molecule has 1 fully saturated rings. The molecule has 0 unspecified atom stereocenters. The molecule has 0 radical (unpaired) electrons. The van der Waals surface area contributed by atoms with Gasteiger partial charge in [-0.3, -0.25) is 4.68 Å². The smallest absolute Gasteiger partial charge is 0.244 e. The molecule has 3 aromatic heterocycles. The summed E-state index contributed by atoms with van der Waals surface area (Å²) in [7, 11) is 3.63. The van der Waals surface area contributed by atoms with Gasteiger partial charge in [-0.2, -0.15) is 10.1 Å². The molecule has 1 aliphatic rings. The minimum atomic E-state index is 0.752. The van der Waals surface area contributed by atoms with Crippen LogP contribution in [0.25, 0.3) is 5.65 Å². The van der Waals surface area contributed by atoms with Gasteiger partial charge in [-0.15, -0.1) is 5.10 Å². The molecule has 26 heavy (non-hydrogen) atoms. The van der Waals surface area contributed by atoms with Gasteiger partial charge in [0.2, 0.25) is 5.95 Å². The maximum absolute atomic E-state index is 5.52. The Kier molecular flexibility index (Phi) is 4.26. The summed E-state index contributed by atoms with van der Waals surface area (Å²) in [6.07, 6.45) is 4.00. The lowest BCUT2D eigenvalue weighted by molar-refractivity contribution is 0.414. The zero-order valence-corrected chi connectivity index (χ0v) is 15.9. The van der Waals surface area contributed by atoms with Gasteiger partial charge in [-0.1, -0.05) is 0 Å². The molecule has 0 amide bonds. The van der Waals surface area contributed by atoms with Crippen LogP contribution in [-0.2, 0) is 19.9 Å². The molecule has 0 bridgehead atoms. The predicted octanol–water partition coefficient (Wildman–Crippen LogP) is 1.87. The molecule has 0 aliphatic carbocycles. The topological polar surface area (TPSA) is 73.4 Å². The van der Waals surface area contributed by atoms with E-state index in [9.17, 15) is 0 Å². The number of aryl methyl sites for hydroxylation is 5. The second kappa shape index (κ2) is 6.59. The van der Waals surface area contributed by atoms with Crippen LogP contribution in [-0.4, -0.2) is 49.6 Å². The molecule has 0 aromatic carbocycles. The zero-order chi connectivity index (χ0) is 18.3. The van der Waals surface area contributed by atoms with E-state index >= 15 is 0 Å². The van der Waals surface area contributed by atoms with E-state index in [4.69, 9.17) is 14.8 Å². The molecule has 1 aliphatic heterocycles. The Morgan fingerprint density at radius 3 is 2.58 bits per heavy atom. The van der Waals surface area contributed by atoms with Gasteiger partial charge < -0.3 is 9.64 Å². The fraction of sp³-hybridized carbons (Fsp3) is 0.556. The molecule has 4 heterocycles. The lowest BCUT2D eigenvalue weighted by atomic mass is 10.2. The third-order valence-corrected chi connectivity index (χ3v) is 5.12. The van der Waals surface area contributed by atoms with Gasteiger partial charge >= 0.3 is 0 Å². The van der Waals surface area contributed by atoms with E-state index in [1.54, 1.807) is 7.11 Å². The standard InChI is InChI=1S/C18H25N7O/c1-12-13(2)25-17(19-12)15(26-4)11-14(21-25)7-8-16-20-18(22-23(16)3)24-9-5-6-10-24/h11H,5-10H2,1-4H3. The van der Waals surface area contributed by atoms with E-state index < -0.39 is 0 Å². The molecule has 0 atom stereocenters. The number of anilines is 1. The lowest BCUT2D eigenvalue weighted by Crippen LogP contribution is -2.19. The molecule has 0 spiro atoms. The van der Waals surface area contributed by atoms with Crippen LogP contribution in [0.1, 0.15) is 35.7 Å². The van der Waals surface area contributed by atoms with E-state index in [1.807, 2.05) is 36.2 Å². The highest BCUT2D eigenvalue weighted by Crippen LogP contribution is 2.22. The quantitative estimate of drug-likeness (QED) is 0.696. The van der Waals surface area contributed by atoms with Crippen molar-refractivity contribution in [3.05, 3.63) is 29.0 Å². The molecule has 3 aromatic rings. The average molecular weight is 355 g/mol. The van der Waals surface area contributed by atoms with Crippen molar-refractivity contribution in [3.8, 4) is 5.75 Å². The average Bonchev–Trinajstić information content (AvgIpc) is 3.34. The number of methoxy groups -OCH3 is 1. The lowest BCUT2D eigenvalue weighted by Gasteiger charge is -2.10. The van der Waals surface area contributed by atoms with E-state index in [2.05, 4.69) is 15.0 Å². The van der Waals surface area contributed by atoms with Gasteiger partial charge in [-0.25, -0.2) is 9.50 Å². The highest BCUT2D eigenvalue weighted by Gasteiger charge is 2.18. The number of aromatic nitrogens is 6. The second-order valence-electron chi connectivity index (χ2n) is 6.87. The Bertz CT molecular complexity index is 937. The Labute approximate surface area is 152 Å². The van der Waals surface area contributed by atoms with Crippen LogP contribution < -0.4 is 9.64 Å². The van der Waals surface area contributed by atoms with E-state index in [0.717, 1.165) is 66.2 Å². The van der Waals surface area contributed by atoms with Gasteiger partial charge in [-0.05, 0) is 33.1 Å². The first-order valence-corrected chi connectivity index (χ1v) is 9.11. The first-order valence-electron chi connectivity index (χ1n) is 9.11. The van der Waals surface area contributed by atoms with Gasteiger partial charge in [0.05, 0.1) is 24.2 Å². The number of fused-ring (bicyclic) bond motifs is 1. The maximum atomic E-state index is 5.52. The van der Waals surface area contributed by atoms with Crippen molar-refractivity contribution in [2.45, 2.75) is 39.5 Å². The SMILES string of the molecule is COc1cc(CCc2nc(N3CCCC3)nn2C)nn2c(C)c(C)nc12. The van der Waals surface area contributed by atoms with Crippen molar-refractivity contribution in [1.29, 1.82) is 0 Å². The molecular formula is C18H25N7O. The van der Waals surface area contributed by atoms with Crippen molar-refractivity contribution >= 4 is 11.6 Å². The van der Waals surface area contributed by atoms with Crippen molar-refractivity contribution in [2.24, 2.45) is 7.05 Å². The summed E-state index contributed by atoms with van der Waals surface area (Å²) >= 11 is 0. The highest BCUT2D eigenvalue weighted by atomic mass is 16.5. The van der Waals surface area contributed by atoms with Crippen molar-refractivity contribution < 1.29 is 4.74 Å². The zero-order valence-electron chi connectivity index (χ0n) is 15.9. The fourth-order valence-corrected chi connectivity index (χ4v) is 3.44. The van der Waals surface area contributed by atoms with Gasteiger partial charge in [0, 0.05) is 32.6 Å². The minimum absolute atomic E-state index is 0.752. The summed E-state index contributed by atoms with van der Waals surface area (Å²) < 4.78 is 9.28. The van der Waals surface area contributed by atoms with Gasteiger partial charge in [0.25, 0.3) is 0 Å². The largest absolute Gasteiger partial charge is 0.493 e. The van der Waals surface area contributed by atoms with Crippen LogP contribution in [0.2, 0.25) is 0 Å². The van der Waals surface area contributed by atoms with Crippen LogP contribution in [0.3, 0.4) is 0 Å². The molecule has 1 saturated heterocycles. The molecule has 8 nitrogen and oxygen atoms in total. The number of hydrogen-bond acceptors (Lipinski definition) is 6. The predicted molar refractivity (Wildman–Crippen MR) is 98.9 cm³/mol. The number of imidazole rings is 1. The maximum Gasteiger partial charge on any atom is 0.244 e. The van der Waals surface area contributed by atoms with E-state index in [0.29, 0.717) is 0 Å². The van der Waals surface area contributed by atoms with Crippen molar-refractivity contribution in [2.75, 3.05) is 25.1 Å². The van der Waals surface area contributed by atoms with Gasteiger partial charge in [0.15, 0.2) is 11.4 Å². The Morgan fingerprint density at radius 2 is 1.85 bits per heavy atom.